The molecule has 23 heavy (non-hydrogen) atoms. The second kappa shape index (κ2) is 8.06. The molecular weight excluding hydrogens is 299 g/mol. The number of amides is 2. The van der Waals surface area contributed by atoms with Gasteiger partial charge in [-0.15, -0.1) is 0 Å². The molecule has 2 atom stereocenters. The predicted molar refractivity (Wildman–Crippen MR) is 84.4 cm³/mol. The van der Waals surface area contributed by atoms with Crippen LogP contribution in [0.3, 0.4) is 0 Å². The van der Waals surface area contributed by atoms with Crippen LogP contribution in [-0.2, 0) is 14.3 Å². The molecule has 0 aliphatic carbocycles. The Balaban J connectivity index is 2.17. The minimum absolute atomic E-state index is 0.0126. The predicted octanol–water partition coefficient (Wildman–Crippen LogP) is 1.54. The van der Waals surface area contributed by atoms with Crippen molar-refractivity contribution >= 4 is 11.8 Å². The third-order valence-electron chi connectivity index (χ3n) is 4.19. The summed E-state index contributed by atoms with van der Waals surface area (Å²) in [5, 5.41) is 2.82. The van der Waals surface area contributed by atoms with E-state index < -0.39 is 0 Å². The summed E-state index contributed by atoms with van der Waals surface area (Å²) >= 11 is 0. The maximum atomic E-state index is 13.5. The molecule has 1 aliphatic rings. The molecular formula is C17H23FN2O3. The van der Waals surface area contributed by atoms with Gasteiger partial charge in [-0.25, -0.2) is 4.39 Å². The lowest BCUT2D eigenvalue weighted by molar-refractivity contribution is -0.130. The zero-order chi connectivity index (χ0) is 16.8. The molecule has 0 aromatic heterocycles. The van der Waals surface area contributed by atoms with Crippen molar-refractivity contribution in [2.45, 2.75) is 19.3 Å². The molecule has 0 bridgehead atoms. The molecule has 1 heterocycles. The molecule has 0 radical (unpaired) electrons. The summed E-state index contributed by atoms with van der Waals surface area (Å²) in [6, 6.07) is 6.26. The van der Waals surface area contributed by atoms with Crippen molar-refractivity contribution < 1.29 is 18.7 Å². The number of carbonyl (C=O) groups is 2. The average molecular weight is 322 g/mol. The third kappa shape index (κ3) is 4.28. The van der Waals surface area contributed by atoms with Gasteiger partial charge in [0.05, 0.1) is 12.5 Å². The van der Waals surface area contributed by atoms with E-state index in [1.54, 1.807) is 25.0 Å². The summed E-state index contributed by atoms with van der Waals surface area (Å²) in [5.41, 5.74) is 0.753. The van der Waals surface area contributed by atoms with Crippen LogP contribution in [0.15, 0.2) is 24.3 Å². The molecule has 1 aliphatic heterocycles. The number of carbonyl (C=O) groups excluding carboxylic acids is 2. The van der Waals surface area contributed by atoms with E-state index in [0.717, 1.165) is 5.56 Å². The maximum Gasteiger partial charge on any atom is 0.225 e. The quantitative estimate of drug-likeness (QED) is 0.808. The van der Waals surface area contributed by atoms with Gasteiger partial charge in [-0.05, 0) is 17.7 Å². The van der Waals surface area contributed by atoms with Crippen LogP contribution in [-0.4, -0.2) is 50.1 Å². The monoisotopic (exact) mass is 322 g/mol. The van der Waals surface area contributed by atoms with Gasteiger partial charge < -0.3 is 15.0 Å². The number of nitrogens with one attached hydrogen (secondary N) is 1. The summed E-state index contributed by atoms with van der Waals surface area (Å²) in [6.45, 7) is 3.46. The molecule has 1 saturated heterocycles. The molecule has 1 fully saturated rings. The van der Waals surface area contributed by atoms with Crippen molar-refractivity contribution in [2.24, 2.45) is 5.92 Å². The lowest BCUT2D eigenvalue weighted by Crippen LogP contribution is -2.37. The largest absolute Gasteiger partial charge is 0.383 e. The van der Waals surface area contributed by atoms with E-state index in [1.807, 2.05) is 6.07 Å². The second-order valence-corrected chi connectivity index (χ2v) is 5.70. The fourth-order valence-electron chi connectivity index (χ4n) is 2.98. The van der Waals surface area contributed by atoms with Crippen molar-refractivity contribution in [2.75, 3.05) is 33.4 Å². The van der Waals surface area contributed by atoms with E-state index in [2.05, 4.69) is 5.32 Å². The standard InChI is InChI=1S/C17H23FN2O3/c1-3-16(21)20-10-14(12-5-4-6-13(18)9-12)15(11-20)17(22)19-7-8-23-2/h4-6,9,14-15H,3,7-8,10-11H2,1-2H3,(H,19,22)/t14-,15-/m0/s1. The van der Waals surface area contributed by atoms with Gasteiger partial charge in [-0.1, -0.05) is 19.1 Å². The van der Waals surface area contributed by atoms with Crippen LogP contribution in [0.1, 0.15) is 24.8 Å². The summed E-state index contributed by atoms with van der Waals surface area (Å²) in [7, 11) is 1.57. The SMILES string of the molecule is CCC(=O)N1C[C@H](C(=O)NCCOC)[C@H](c2cccc(F)c2)C1. The first-order valence-electron chi connectivity index (χ1n) is 7.86. The van der Waals surface area contributed by atoms with Crippen LogP contribution in [0.25, 0.3) is 0 Å². The van der Waals surface area contributed by atoms with E-state index in [1.165, 1.54) is 12.1 Å². The van der Waals surface area contributed by atoms with Crippen molar-refractivity contribution in [1.29, 1.82) is 0 Å². The van der Waals surface area contributed by atoms with Crippen LogP contribution in [0.2, 0.25) is 0 Å². The maximum absolute atomic E-state index is 13.5. The van der Waals surface area contributed by atoms with Gasteiger partial charge in [0.1, 0.15) is 5.82 Å². The number of ether oxygens (including phenoxy) is 1. The number of hydrogen-bond acceptors (Lipinski definition) is 3. The first kappa shape index (κ1) is 17.4. The number of rotatable bonds is 6. The topological polar surface area (TPSA) is 58.6 Å². The highest BCUT2D eigenvalue weighted by atomic mass is 19.1. The Morgan fingerprint density at radius 1 is 1.39 bits per heavy atom. The minimum atomic E-state index is -0.371. The molecule has 2 amide bonds. The van der Waals surface area contributed by atoms with Gasteiger partial charge in [0.25, 0.3) is 0 Å². The fourth-order valence-corrected chi connectivity index (χ4v) is 2.98. The van der Waals surface area contributed by atoms with Gasteiger partial charge in [-0.2, -0.15) is 0 Å². The number of hydrogen-bond donors (Lipinski definition) is 1. The summed E-state index contributed by atoms with van der Waals surface area (Å²) < 4.78 is 18.5. The van der Waals surface area contributed by atoms with E-state index in [-0.39, 0.29) is 29.5 Å². The molecule has 1 aromatic carbocycles. The Kier molecular flexibility index (Phi) is 6.10. The van der Waals surface area contributed by atoms with E-state index in [4.69, 9.17) is 4.74 Å². The van der Waals surface area contributed by atoms with Crippen LogP contribution in [0.4, 0.5) is 4.39 Å². The number of halogens is 1. The van der Waals surface area contributed by atoms with E-state index in [9.17, 15) is 14.0 Å². The summed E-state index contributed by atoms with van der Waals surface area (Å²) in [6.07, 6.45) is 0.397. The molecule has 2 rings (SSSR count). The van der Waals surface area contributed by atoms with E-state index >= 15 is 0 Å². The van der Waals surface area contributed by atoms with Gasteiger partial charge in [0.15, 0.2) is 0 Å². The minimum Gasteiger partial charge on any atom is -0.383 e. The van der Waals surface area contributed by atoms with Crippen molar-refractivity contribution in [3.05, 3.63) is 35.6 Å². The van der Waals surface area contributed by atoms with Gasteiger partial charge in [-0.3, -0.25) is 9.59 Å². The zero-order valence-electron chi connectivity index (χ0n) is 13.5. The number of benzene rings is 1. The molecule has 126 valence electrons. The smallest absolute Gasteiger partial charge is 0.225 e. The summed E-state index contributed by atoms with van der Waals surface area (Å²) in [4.78, 5) is 26.1. The van der Waals surface area contributed by atoms with Gasteiger partial charge in [0.2, 0.25) is 11.8 Å². The highest BCUT2D eigenvalue weighted by Gasteiger charge is 2.39. The number of methoxy groups -OCH3 is 1. The molecule has 0 saturated carbocycles. The number of likely N-dealkylation sites (tertiary alicyclic amines) is 1. The van der Waals surface area contributed by atoms with Crippen molar-refractivity contribution in [3.63, 3.8) is 0 Å². The van der Waals surface area contributed by atoms with Crippen LogP contribution >= 0.6 is 0 Å². The van der Waals surface area contributed by atoms with Gasteiger partial charge in [0, 0.05) is 39.1 Å². The Hall–Kier alpha value is -1.95. The highest BCUT2D eigenvalue weighted by molar-refractivity contribution is 5.83. The lowest BCUT2D eigenvalue weighted by atomic mass is 9.88. The van der Waals surface area contributed by atoms with Crippen molar-refractivity contribution in [1.82, 2.24) is 10.2 Å². The van der Waals surface area contributed by atoms with Crippen LogP contribution in [0, 0.1) is 11.7 Å². The Labute approximate surface area is 135 Å². The van der Waals surface area contributed by atoms with Crippen LogP contribution in [0.5, 0.6) is 0 Å². The first-order chi connectivity index (χ1) is 11.1. The first-order valence-corrected chi connectivity index (χ1v) is 7.86. The summed E-state index contributed by atoms with van der Waals surface area (Å²) in [5.74, 6) is -1.00. The second-order valence-electron chi connectivity index (χ2n) is 5.70. The fraction of sp³-hybridized carbons (Fsp3) is 0.529. The lowest BCUT2D eigenvalue weighted by Gasteiger charge is -2.18. The van der Waals surface area contributed by atoms with Crippen LogP contribution < -0.4 is 5.32 Å². The molecule has 0 unspecified atom stereocenters. The molecule has 6 heteroatoms. The third-order valence-corrected chi connectivity index (χ3v) is 4.19. The normalized spacial score (nSPS) is 20.6. The zero-order valence-corrected chi connectivity index (χ0v) is 13.5. The Bertz CT molecular complexity index is 565. The van der Waals surface area contributed by atoms with E-state index in [0.29, 0.717) is 32.7 Å². The van der Waals surface area contributed by atoms with Gasteiger partial charge >= 0.3 is 0 Å². The Morgan fingerprint density at radius 3 is 2.83 bits per heavy atom. The number of nitrogens with zero attached hydrogens (tertiary/aromatic N) is 1. The molecule has 5 nitrogen and oxygen atoms in total. The Morgan fingerprint density at radius 2 is 2.17 bits per heavy atom. The molecule has 1 aromatic rings. The van der Waals surface area contributed by atoms with Crippen molar-refractivity contribution in [3.8, 4) is 0 Å². The molecule has 1 N–H and O–H groups in total. The average Bonchev–Trinajstić information content (AvgIpc) is 2.99. The molecule has 0 spiro atoms. The highest BCUT2D eigenvalue weighted by Crippen LogP contribution is 2.33.